The van der Waals surface area contributed by atoms with Gasteiger partial charge in [-0.15, -0.1) is 0 Å². The summed E-state index contributed by atoms with van der Waals surface area (Å²) in [5.41, 5.74) is -0.716. The third-order valence-electron chi connectivity index (χ3n) is 11.6. The fraction of sp³-hybridized carbons (Fsp3) is 0.535. The highest BCUT2D eigenvalue weighted by Gasteiger charge is 2.50. The second-order valence-corrected chi connectivity index (χ2v) is 15.8. The van der Waals surface area contributed by atoms with Crippen LogP contribution in [-0.2, 0) is 23.8 Å². The third-order valence-corrected chi connectivity index (χ3v) is 11.6. The second kappa shape index (κ2) is 18.0. The van der Waals surface area contributed by atoms with Crippen molar-refractivity contribution in [2.75, 3.05) is 45.6 Å². The number of benzene rings is 2. The van der Waals surface area contributed by atoms with E-state index < -0.39 is 95.8 Å². The first-order valence-corrected chi connectivity index (χ1v) is 19.6. The molecule has 322 valence electrons. The minimum Gasteiger partial charge on any atom is -0.507 e. The molecular weight excluding hydrogens is 764 g/mol. The standard InChI is InChI=1S/C43H58N4O12/c1-21-12-11-13-22(2)42(55)45-33-28(20-44-47-17-15-46(9)16-18-47)37(52)30-31(38(33)53)36(51)26(6)40-32(30)41(54)43(8,59-40)57-19-14-29(56-10)23(3)39(58-27(7)48)25(5)35(50)24(4)34(21)49/h11-14,19-21,23-25,29,34-35,39,49-53H,15-18H2,1-10H3,(H,45,55)/b12-11+,19-14+,22-13+,44-20+/t21-,23-,24+,25+,29-,34-,35+,39+,43-/m0/s1/i9D3. The summed E-state index contributed by atoms with van der Waals surface area (Å²) in [4.78, 5) is 41.9. The first-order valence-electron chi connectivity index (χ1n) is 21.1. The van der Waals surface area contributed by atoms with Gasteiger partial charge in [-0.05, 0) is 26.9 Å². The van der Waals surface area contributed by atoms with Crippen molar-refractivity contribution in [3.05, 3.63) is 52.8 Å². The Balaban J connectivity index is 1.69. The SMILES string of the molecule is [2H]C([2H])([2H])N1CCN(/N=C/c2c3c(O)c4c(O)c(C)c5c(c4c2O)C(=O)[C@@](C)(O/C=C/[C@H](OC)[C@H](C)[C@@H](OC(C)=O)[C@H](C)[C@H](O)[C@H](C)[C@@H](O)[C@@H](C)/C=C/C=C(\C)C(=O)N3)O5)CC1. The Morgan fingerprint density at radius 2 is 1.66 bits per heavy atom. The lowest BCUT2D eigenvalue weighted by molar-refractivity contribution is -0.160. The van der Waals surface area contributed by atoms with E-state index in [2.05, 4.69) is 10.4 Å². The van der Waals surface area contributed by atoms with Crippen molar-refractivity contribution in [1.82, 2.24) is 9.91 Å². The van der Waals surface area contributed by atoms with Gasteiger partial charge in [0.2, 0.25) is 0 Å². The van der Waals surface area contributed by atoms with Crippen LogP contribution < -0.4 is 10.1 Å². The number of hydrogen-bond donors (Lipinski definition) is 6. The summed E-state index contributed by atoms with van der Waals surface area (Å²) in [6.45, 7) is 10.7. The van der Waals surface area contributed by atoms with Crippen molar-refractivity contribution >= 4 is 40.3 Å². The van der Waals surface area contributed by atoms with Gasteiger partial charge in [0.05, 0.1) is 53.0 Å². The molecule has 9 atom stereocenters. The number of nitrogens with one attached hydrogen (secondary N) is 1. The van der Waals surface area contributed by atoms with Crippen molar-refractivity contribution in [2.45, 2.75) is 85.6 Å². The summed E-state index contributed by atoms with van der Waals surface area (Å²) in [6, 6.07) is 0. The zero-order chi connectivity index (χ0) is 46.2. The number of hydrogen-bond acceptors (Lipinski definition) is 15. The zero-order valence-corrected chi connectivity index (χ0v) is 34.8. The number of ether oxygens (including phenoxy) is 4. The highest BCUT2D eigenvalue weighted by Crippen LogP contribution is 2.55. The number of carbonyl (C=O) groups excluding carboxylic acids is 3. The van der Waals surface area contributed by atoms with Gasteiger partial charge in [0, 0.05) is 91.4 Å². The molecule has 59 heavy (non-hydrogen) atoms. The minimum absolute atomic E-state index is 0.00936. The summed E-state index contributed by atoms with van der Waals surface area (Å²) in [5.74, 6) is -8.92. The lowest BCUT2D eigenvalue weighted by Crippen LogP contribution is -2.46. The van der Waals surface area contributed by atoms with Crippen LogP contribution in [0.2, 0.25) is 0 Å². The highest BCUT2D eigenvalue weighted by atomic mass is 16.7. The van der Waals surface area contributed by atoms with Crippen LogP contribution in [0, 0.1) is 30.6 Å². The first-order chi connectivity index (χ1) is 28.9. The van der Waals surface area contributed by atoms with Gasteiger partial charge in [-0.3, -0.25) is 19.4 Å². The van der Waals surface area contributed by atoms with E-state index >= 15 is 0 Å². The molecule has 4 aliphatic heterocycles. The number of likely N-dealkylation sites (N-methyl/N-ethyl adjacent to an activating group) is 1. The Bertz CT molecular complexity index is 2180. The van der Waals surface area contributed by atoms with Crippen LogP contribution in [-0.4, -0.2) is 130 Å². The van der Waals surface area contributed by atoms with Gasteiger partial charge < -0.3 is 54.7 Å². The molecule has 1 amide bonds. The molecule has 6 rings (SSSR count). The molecule has 0 unspecified atom stereocenters. The molecule has 2 aromatic carbocycles. The molecule has 0 radical (unpaired) electrons. The predicted octanol–water partition coefficient (Wildman–Crippen LogP) is 4.34. The second-order valence-electron chi connectivity index (χ2n) is 15.8. The number of nitrogens with zero attached hydrogens (tertiary/aromatic N) is 3. The molecular formula is C43H58N4O12. The number of amides is 1. The number of fused-ring (bicyclic) bond motifs is 14. The van der Waals surface area contributed by atoms with Crippen molar-refractivity contribution in [3.63, 3.8) is 0 Å². The summed E-state index contributed by atoms with van der Waals surface area (Å²) >= 11 is 0. The molecule has 0 saturated carbocycles. The number of ketones is 1. The number of aliphatic hydroxyl groups excluding tert-OH is 2. The quantitative estimate of drug-likeness (QED) is 0.109. The number of piperazine rings is 1. The van der Waals surface area contributed by atoms with E-state index in [1.54, 1.807) is 44.9 Å². The largest absolute Gasteiger partial charge is 0.507 e. The van der Waals surface area contributed by atoms with Crippen LogP contribution >= 0.6 is 0 Å². The molecule has 0 spiro atoms. The number of rotatable bonds is 4. The smallest absolute Gasteiger partial charge is 0.312 e. The predicted molar refractivity (Wildman–Crippen MR) is 220 cm³/mol. The molecule has 5 bridgehead atoms. The van der Waals surface area contributed by atoms with Crippen molar-refractivity contribution in [2.24, 2.45) is 28.8 Å². The number of phenols is 3. The number of phenolic OH excluding ortho intramolecular Hbond substituents is 3. The number of aliphatic hydroxyl groups is 2. The molecule has 4 heterocycles. The minimum atomic E-state index is -2.30. The van der Waals surface area contributed by atoms with E-state index in [1.807, 2.05) is 0 Å². The average molecular weight is 826 g/mol. The van der Waals surface area contributed by atoms with Gasteiger partial charge in [-0.1, -0.05) is 45.9 Å². The first kappa shape index (κ1) is 40.6. The van der Waals surface area contributed by atoms with Crippen molar-refractivity contribution in [3.8, 4) is 23.0 Å². The maximum atomic E-state index is 14.5. The fourth-order valence-corrected chi connectivity index (χ4v) is 7.82. The number of carbonyl (C=O) groups is 3. The number of aromatic hydroxyl groups is 3. The molecule has 0 aliphatic carbocycles. The normalized spacial score (nSPS) is 33.0. The summed E-state index contributed by atoms with van der Waals surface area (Å²) < 4.78 is 46.7. The average Bonchev–Trinajstić information content (AvgIpc) is 3.48. The van der Waals surface area contributed by atoms with Crippen LogP contribution in [0.25, 0.3) is 10.8 Å². The van der Waals surface area contributed by atoms with Crippen LogP contribution in [0.4, 0.5) is 5.69 Å². The van der Waals surface area contributed by atoms with Gasteiger partial charge in [0.15, 0.2) is 5.75 Å². The molecule has 6 N–H and O–H groups in total. The van der Waals surface area contributed by atoms with E-state index in [1.165, 1.54) is 58.1 Å². The monoisotopic (exact) mass is 825 g/mol. The lowest BCUT2D eigenvalue weighted by Gasteiger charge is -2.38. The van der Waals surface area contributed by atoms with Crippen molar-refractivity contribution in [1.29, 1.82) is 0 Å². The number of esters is 1. The Morgan fingerprint density at radius 1 is 0.983 bits per heavy atom. The van der Waals surface area contributed by atoms with Crippen LogP contribution in [0.1, 0.15) is 74.1 Å². The Labute approximate surface area is 348 Å². The van der Waals surface area contributed by atoms with Gasteiger partial charge in [0.1, 0.15) is 23.4 Å². The van der Waals surface area contributed by atoms with E-state index in [9.17, 15) is 39.9 Å². The van der Waals surface area contributed by atoms with Crippen LogP contribution in [0.3, 0.4) is 0 Å². The Morgan fingerprint density at radius 3 is 2.29 bits per heavy atom. The molecule has 16 heteroatoms. The van der Waals surface area contributed by atoms with Crippen LogP contribution in [0.15, 0.2) is 41.2 Å². The van der Waals surface area contributed by atoms with E-state index in [4.69, 9.17) is 23.1 Å². The topological polar surface area (TPSA) is 220 Å². The molecule has 2 aromatic rings. The number of allylic oxidation sites excluding steroid dienone is 2. The van der Waals surface area contributed by atoms with E-state index in [0.29, 0.717) is 0 Å². The molecule has 16 nitrogen and oxygen atoms in total. The van der Waals surface area contributed by atoms with Gasteiger partial charge in [-0.2, -0.15) is 5.10 Å². The number of Topliss-reactive ketones (excluding diaryl/α,β-unsaturated/α-hetero) is 1. The maximum Gasteiger partial charge on any atom is 0.312 e. The Hall–Kier alpha value is -5.16. The Kier molecular flexibility index (Phi) is 12.4. The van der Waals surface area contributed by atoms with E-state index in [-0.39, 0.29) is 70.7 Å². The maximum absolute atomic E-state index is 14.5. The zero-order valence-electron chi connectivity index (χ0n) is 37.8. The number of methoxy groups -OCH3 is 1. The molecule has 1 saturated heterocycles. The molecule has 0 aromatic heterocycles. The molecule has 1 fully saturated rings. The highest BCUT2D eigenvalue weighted by molar-refractivity contribution is 6.23. The van der Waals surface area contributed by atoms with Crippen LogP contribution in [0.5, 0.6) is 23.0 Å². The number of anilines is 1. The summed E-state index contributed by atoms with van der Waals surface area (Å²) in [7, 11) is 1.42. The molecule has 4 aliphatic rings. The lowest BCUT2D eigenvalue weighted by atomic mass is 9.78. The van der Waals surface area contributed by atoms with E-state index in [0.717, 1.165) is 6.21 Å². The van der Waals surface area contributed by atoms with Gasteiger partial charge >= 0.3 is 11.8 Å². The fourth-order valence-electron chi connectivity index (χ4n) is 7.82. The number of hydrazone groups is 1. The summed E-state index contributed by atoms with van der Waals surface area (Å²) in [6.07, 6.45) is 4.45. The van der Waals surface area contributed by atoms with Gasteiger partial charge in [-0.25, -0.2) is 0 Å². The van der Waals surface area contributed by atoms with Gasteiger partial charge in [0.25, 0.3) is 11.7 Å². The third kappa shape index (κ3) is 8.91. The van der Waals surface area contributed by atoms with Crippen molar-refractivity contribution < 1.29 is 63.0 Å². The summed E-state index contributed by atoms with van der Waals surface area (Å²) in [5, 5.41) is 66.4.